The predicted molar refractivity (Wildman–Crippen MR) is 102 cm³/mol. The van der Waals surface area contributed by atoms with Gasteiger partial charge >= 0.3 is 0 Å². The van der Waals surface area contributed by atoms with Crippen LogP contribution in [0.25, 0.3) is 11.4 Å². The summed E-state index contributed by atoms with van der Waals surface area (Å²) in [4.78, 5) is 18.7. The highest BCUT2D eigenvalue weighted by molar-refractivity contribution is 8.00. The fourth-order valence-corrected chi connectivity index (χ4v) is 3.46. The zero-order chi connectivity index (χ0) is 18.5. The Morgan fingerprint density at radius 3 is 2.42 bits per heavy atom. The molecule has 1 heterocycles. The number of rotatable bonds is 6. The topological polar surface area (TPSA) is 71.1 Å². The van der Waals surface area contributed by atoms with Crippen LogP contribution in [-0.2, 0) is 4.79 Å². The maximum absolute atomic E-state index is 12.6. The molecule has 7 heteroatoms. The standard InChI is InChI=1S/C19H20N4O2S/c1-23(2)18(24)16(13-7-5-4-6-8-13)26-19-20-17(21-22-19)14-9-11-15(25-3)12-10-14/h4-12,16H,1-3H3,(H,20,21,22). The van der Waals surface area contributed by atoms with E-state index in [1.54, 1.807) is 26.1 Å². The molecule has 0 spiro atoms. The van der Waals surface area contributed by atoms with Crippen molar-refractivity contribution in [3.05, 3.63) is 60.2 Å². The Balaban J connectivity index is 1.83. The van der Waals surface area contributed by atoms with E-state index in [2.05, 4.69) is 15.2 Å². The van der Waals surface area contributed by atoms with Crippen molar-refractivity contribution in [1.82, 2.24) is 20.1 Å². The number of carbonyl (C=O) groups excluding carboxylic acids is 1. The summed E-state index contributed by atoms with van der Waals surface area (Å²) in [6.07, 6.45) is 0. The van der Waals surface area contributed by atoms with Crippen molar-refractivity contribution in [2.24, 2.45) is 0 Å². The molecule has 26 heavy (non-hydrogen) atoms. The van der Waals surface area contributed by atoms with Gasteiger partial charge in [0.2, 0.25) is 11.1 Å². The van der Waals surface area contributed by atoms with Gasteiger partial charge in [-0.3, -0.25) is 9.89 Å². The van der Waals surface area contributed by atoms with Crippen molar-refractivity contribution in [1.29, 1.82) is 0 Å². The lowest BCUT2D eigenvalue weighted by Crippen LogP contribution is -2.26. The molecule has 0 bridgehead atoms. The van der Waals surface area contributed by atoms with E-state index in [1.807, 2.05) is 54.6 Å². The Morgan fingerprint density at radius 2 is 1.81 bits per heavy atom. The SMILES string of the molecule is COc1ccc(-c2nc(SC(C(=O)N(C)C)c3ccccc3)n[nH]2)cc1. The summed E-state index contributed by atoms with van der Waals surface area (Å²) >= 11 is 1.33. The van der Waals surface area contributed by atoms with Crippen LogP contribution in [0, 0.1) is 0 Å². The van der Waals surface area contributed by atoms with E-state index in [-0.39, 0.29) is 5.91 Å². The average molecular weight is 368 g/mol. The number of amides is 1. The summed E-state index contributed by atoms with van der Waals surface area (Å²) in [5.74, 6) is 1.43. The number of hydrogen-bond donors (Lipinski definition) is 1. The Labute approximate surface area is 156 Å². The Bertz CT molecular complexity index is 863. The molecule has 0 saturated heterocycles. The number of carbonyl (C=O) groups is 1. The number of likely N-dealkylation sites (N-methyl/N-ethyl adjacent to an activating group) is 1. The Hall–Kier alpha value is -2.80. The molecule has 0 aliphatic carbocycles. The maximum Gasteiger partial charge on any atom is 0.240 e. The number of hydrogen-bond acceptors (Lipinski definition) is 5. The molecule has 6 nitrogen and oxygen atoms in total. The molecule has 0 fully saturated rings. The predicted octanol–water partition coefficient (Wildman–Crippen LogP) is 3.40. The minimum absolute atomic E-state index is 0.00278. The molecular formula is C19H20N4O2S. The van der Waals surface area contributed by atoms with Gasteiger partial charge in [0.1, 0.15) is 11.0 Å². The summed E-state index contributed by atoms with van der Waals surface area (Å²) in [5, 5.41) is 7.33. The largest absolute Gasteiger partial charge is 0.497 e. The smallest absolute Gasteiger partial charge is 0.240 e. The summed E-state index contributed by atoms with van der Waals surface area (Å²) in [6.45, 7) is 0. The van der Waals surface area contributed by atoms with Crippen LogP contribution >= 0.6 is 11.8 Å². The van der Waals surface area contributed by atoms with Crippen molar-refractivity contribution in [3.8, 4) is 17.1 Å². The fraction of sp³-hybridized carbons (Fsp3) is 0.211. The van der Waals surface area contributed by atoms with Gasteiger partial charge in [0.15, 0.2) is 5.82 Å². The van der Waals surface area contributed by atoms with E-state index in [4.69, 9.17) is 4.74 Å². The number of aromatic amines is 1. The van der Waals surface area contributed by atoms with Crippen molar-refractivity contribution in [2.45, 2.75) is 10.4 Å². The van der Waals surface area contributed by atoms with Gasteiger partial charge in [-0.05, 0) is 29.8 Å². The van der Waals surface area contributed by atoms with Crippen molar-refractivity contribution >= 4 is 17.7 Å². The molecule has 1 N–H and O–H groups in total. The summed E-state index contributed by atoms with van der Waals surface area (Å²) in [7, 11) is 5.13. The molecule has 1 unspecified atom stereocenters. The first-order chi connectivity index (χ1) is 12.6. The summed E-state index contributed by atoms with van der Waals surface area (Å²) in [5.41, 5.74) is 1.83. The van der Waals surface area contributed by atoms with E-state index in [0.717, 1.165) is 16.9 Å². The van der Waals surface area contributed by atoms with Crippen LogP contribution in [0.4, 0.5) is 0 Å². The second-order valence-corrected chi connectivity index (χ2v) is 6.91. The minimum atomic E-state index is -0.397. The maximum atomic E-state index is 12.6. The molecule has 1 atom stereocenters. The minimum Gasteiger partial charge on any atom is -0.497 e. The second-order valence-electron chi connectivity index (χ2n) is 5.84. The zero-order valence-corrected chi connectivity index (χ0v) is 15.7. The molecule has 0 radical (unpaired) electrons. The van der Waals surface area contributed by atoms with E-state index >= 15 is 0 Å². The van der Waals surface area contributed by atoms with E-state index in [1.165, 1.54) is 11.8 Å². The van der Waals surface area contributed by atoms with Gasteiger partial charge < -0.3 is 9.64 Å². The molecule has 2 aromatic carbocycles. The molecule has 1 amide bonds. The molecule has 1 aromatic heterocycles. The van der Waals surface area contributed by atoms with E-state index in [0.29, 0.717) is 11.0 Å². The number of nitrogens with zero attached hydrogens (tertiary/aromatic N) is 3. The average Bonchev–Trinajstić information content (AvgIpc) is 3.15. The number of thioether (sulfide) groups is 1. The van der Waals surface area contributed by atoms with Gasteiger partial charge in [-0.25, -0.2) is 4.98 Å². The van der Waals surface area contributed by atoms with Crippen LogP contribution in [0.15, 0.2) is 59.8 Å². The second kappa shape index (κ2) is 8.05. The van der Waals surface area contributed by atoms with Gasteiger partial charge in [-0.2, -0.15) is 0 Å². The number of nitrogens with one attached hydrogen (secondary N) is 1. The van der Waals surface area contributed by atoms with Crippen LogP contribution in [0.3, 0.4) is 0 Å². The molecule has 0 saturated carbocycles. The van der Waals surface area contributed by atoms with Crippen LogP contribution in [0.1, 0.15) is 10.8 Å². The van der Waals surface area contributed by atoms with Crippen molar-refractivity contribution in [2.75, 3.05) is 21.2 Å². The van der Waals surface area contributed by atoms with Gasteiger partial charge in [0.05, 0.1) is 7.11 Å². The zero-order valence-electron chi connectivity index (χ0n) is 14.8. The molecule has 0 aliphatic heterocycles. The Morgan fingerprint density at radius 1 is 1.12 bits per heavy atom. The highest BCUT2D eigenvalue weighted by Gasteiger charge is 2.25. The molecule has 0 aliphatic rings. The number of H-pyrrole nitrogens is 1. The van der Waals surface area contributed by atoms with E-state index < -0.39 is 5.25 Å². The lowest BCUT2D eigenvalue weighted by Gasteiger charge is -2.19. The molecule has 3 aromatic rings. The Kier molecular flexibility index (Phi) is 5.58. The fourth-order valence-electron chi connectivity index (χ4n) is 2.41. The van der Waals surface area contributed by atoms with Crippen molar-refractivity contribution < 1.29 is 9.53 Å². The van der Waals surface area contributed by atoms with E-state index in [9.17, 15) is 4.79 Å². The lowest BCUT2D eigenvalue weighted by molar-refractivity contribution is -0.128. The van der Waals surface area contributed by atoms with Crippen LogP contribution in [0.5, 0.6) is 5.75 Å². The van der Waals surface area contributed by atoms with Gasteiger partial charge in [0, 0.05) is 19.7 Å². The lowest BCUT2D eigenvalue weighted by atomic mass is 10.1. The first-order valence-corrected chi connectivity index (χ1v) is 8.96. The monoisotopic (exact) mass is 368 g/mol. The first kappa shape index (κ1) is 18.0. The molecule has 134 valence electrons. The van der Waals surface area contributed by atoms with Crippen molar-refractivity contribution in [3.63, 3.8) is 0 Å². The number of methoxy groups -OCH3 is 1. The molecular weight excluding hydrogens is 348 g/mol. The quantitative estimate of drug-likeness (QED) is 0.675. The van der Waals surface area contributed by atoms with Crippen LogP contribution in [-0.4, -0.2) is 47.2 Å². The summed E-state index contributed by atoms with van der Waals surface area (Å²) < 4.78 is 5.17. The van der Waals surface area contributed by atoms with Gasteiger partial charge in [-0.15, -0.1) is 5.10 Å². The highest BCUT2D eigenvalue weighted by Crippen LogP contribution is 2.35. The molecule has 3 rings (SSSR count). The first-order valence-electron chi connectivity index (χ1n) is 8.08. The highest BCUT2D eigenvalue weighted by atomic mass is 32.2. The number of aromatic nitrogens is 3. The third-order valence-electron chi connectivity index (χ3n) is 3.82. The van der Waals surface area contributed by atoms with Gasteiger partial charge in [-0.1, -0.05) is 42.1 Å². The van der Waals surface area contributed by atoms with Crippen LogP contribution < -0.4 is 4.74 Å². The summed E-state index contributed by atoms with van der Waals surface area (Å²) in [6, 6.07) is 17.2. The number of benzene rings is 2. The normalized spacial score (nSPS) is 11.8. The van der Waals surface area contributed by atoms with Crippen LogP contribution in [0.2, 0.25) is 0 Å². The third kappa shape index (κ3) is 4.05. The third-order valence-corrected chi connectivity index (χ3v) is 4.92. The van der Waals surface area contributed by atoms with Gasteiger partial charge in [0.25, 0.3) is 0 Å². The number of ether oxygens (including phenoxy) is 1.